The first-order valence-electron chi connectivity index (χ1n) is 18.0. The van der Waals surface area contributed by atoms with Gasteiger partial charge in [-0.25, -0.2) is 0 Å². The van der Waals surface area contributed by atoms with Crippen molar-refractivity contribution >= 4 is 0 Å². The van der Waals surface area contributed by atoms with E-state index < -0.39 is 0 Å². The Kier molecular flexibility index (Phi) is 11.6. The number of benzene rings is 5. The first-order chi connectivity index (χ1) is 24.7. The van der Waals surface area contributed by atoms with Gasteiger partial charge in [0.25, 0.3) is 0 Å². The van der Waals surface area contributed by atoms with Gasteiger partial charge in [-0.3, -0.25) is 0 Å². The quantitative estimate of drug-likeness (QED) is 0.0607. The first kappa shape index (κ1) is 33.7. The summed E-state index contributed by atoms with van der Waals surface area (Å²) in [6, 6.07) is 41.4. The van der Waals surface area contributed by atoms with E-state index in [9.17, 15) is 0 Å². The fourth-order valence-electron chi connectivity index (χ4n) is 5.91. The van der Waals surface area contributed by atoms with Gasteiger partial charge in [0.2, 0.25) is 0 Å². The Balaban J connectivity index is 0.824. The van der Waals surface area contributed by atoms with E-state index in [0.29, 0.717) is 25.4 Å². The second-order valence-electron chi connectivity index (χ2n) is 13.1. The van der Waals surface area contributed by atoms with E-state index in [1.165, 1.54) is 0 Å². The molecule has 5 aromatic rings. The Morgan fingerprint density at radius 2 is 0.760 bits per heavy atom. The molecule has 2 heterocycles. The molecule has 50 heavy (non-hydrogen) atoms. The van der Waals surface area contributed by atoms with Crippen LogP contribution in [0.2, 0.25) is 0 Å². The predicted octanol–water partition coefficient (Wildman–Crippen LogP) is 10.1. The average Bonchev–Trinajstić information content (AvgIpc) is 4.11. The van der Waals surface area contributed by atoms with Crippen molar-refractivity contribution in [2.24, 2.45) is 0 Å². The molecule has 2 aliphatic rings. The molecule has 2 unspecified atom stereocenters. The summed E-state index contributed by atoms with van der Waals surface area (Å²) in [5, 5.41) is 0. The van der Waals surface area contributed by atoms with E-state index in [2.05, 4.69) is 72.8 Å². The van der Waals surface area contributed by atoms with E-state index in [4.69, 9.17) is 28.4 Å². The topological polar surface area (TPSA) is 62.0 Å². The molecule has 0 spiro atoms. The van der Waals surface area contributed by atoms with Crippen molar-refractivity contribution in [3.63, 3.8) is 0 Å². The summed E-state index contributed by atoms with van der Waals surface area (Å²) in [5.41, 5.74) is 6.79. The van der Waals surface area contributed by atoms with Gasteiger partial charge in [-0.15, -0.1) is 0 Å². The zero-order valence-electron chi connectivity index (χ0n) is 28.6. The molecule has 0 saturated carbocycles. The monoisotopic (exact) mass is 670 g/mol. The molecule has 6 nitrogen and oxygen atoms in total. The van der Waals surface area contributed by atoms with Crippen LogP contribution in [0.1, 0.15) is 49.7 Å². The van der Waals surface area contributed by atoms with Crippen molar-refractivity contribution in [1.29, 1.82) is 0 Å². The molecular weight excluding hydrogens is 624 g/mol. The van der Waals surface area contributed by atoms with E-state index in [1.54, 1.807) is 0 Å². The highest BCUT2D eigenvalue weighted by Crippen LogP contribution is 2.27. The third-order valence-corrected chi connectivity index (χ3v) is 9.07. The molecule has 0 N–H and O–H groups in total. The lowest BCUT2D eigenvalue weighted by Crippen LogP contribution is -1.99. The molecule has 0 amide bonds. The molecule has 7 rings (SSSR count). The second-order valence-corrected chi connectivity index (χ2v) is 13.1. The number of ether oxygens (including phenoxy) is 6. The fourth-order valence-corrected chi connectivity index (χ4v) is 5.91. The molecule has 2 saturated heterocycles. The molecule has 6 heteroatoms. The van der Waals surface area contributed by atoms with Crippen LogP contribution in [0.25, 0.3) is 22.3 Å². The van der Waals surface area contributed by atoms with Crippen LogP contribution < -0.4 is 18.9 Å². The lowest BCUT2D eigenvalue weighted by atomic mass is 10.1. The molecule has 2 fully saturated rings. The van der Waals surface area contributed by atoms with E-state index >= 15 is 0 Å². The standard InChI is InChI=1S/C44H46O6/c1(8-43-31-49-43)3-26-45-39-18-10-35(11-19-39)37-14-22-41(23-15-37)47-29-33-6-5-7-34(28-33)30-48-42-24-16-38(17-25-42)36-12-20-40(21-13-36)46-27-4-2-9-44-32-50-44/h5-7,10-25,28,43-44H,1-4,8-9,26-27,29-32H2. The molecule has 2 atom stereocenters. The summed E-state index contributed by atoms with van der Waals surface area (Å²) < 4.78 is 34.6. The highest BCUT2D eigenvalue weighted by atomic mass is 16.6. The van der Waals surface area contributed by atoms with Crippen LogP contribution in [0.5, 0.6) is 23.0 Å². The minimum atomic E-state index is 0.487. The van der Waals surface area contributed by atoms with Crippen molar-refractivity contribution < 1.29 is 28.4 Å². The molecule has 0 aromatic heterocycles. The van der Waals surface area contributed by atoms with E-state index in [0.717, 1.165) is 121 Å². The summed E-state index contributed by atoms with van der Waals surface area (Å²) in [6.45, 7) is 4.33. The largest absolute Gasteiger partial charge is 0.494 e. The van der Waals surface area contributed by atoms with Gasteiger partial charge < -0.3 is 28.4 Å². The van der Waals surface area contributed by atoms with Crippen molar-refractivity contribution in [2.45, 2.75) is 63.9 Å². The lowest BCUT2D eigenvalue weighted by molar-refractivity contribution is 0.299. The summed E-state index contributed by atoms with van der Waals surface area (Å²) >= 11 is 0. The molecular formula is C44H46O6. The molecule has 258 valence electrons. The van der Waals surface area contributed by atoms with Gasteiger partial charge in [0.1, 0.15) is 36.2 Å². The van der Waals surface area contributed by atoms with Gasteiger partial charge in [-0.1, -0.05) is 66.7 Å². The average molecular weight is 671 g/mol. The van der Waals surface area contributed by atoms with Gasteiger partial charge in [-0.05, 0) is 127 Å². The van der Waals surface area contributed by atoms with Crippen molar-refractivity contribution in [3.05, 3.63) is 132 Å². The summed E-state index contributed by atoms with van der Waals surface area (Å²) in [5.74, 6) is 3.49. The normalized spacial score (nSPS) is 16.1. The Morgan fingerprint density at radius 1 is 0.420 bits per heavy atom. The first-order valence-corrected chi connectivity index (χ1v) is 18.0. The SMILES string of the molecule is c1cc(COc2ccc(-c3ccc(OCCCCC4CO4)cc3)cc2)cc(COc2ccc(-c3ccc(OCCCCC4CO4)cc3)cc2)c1. The molecule has 0 bridgehead atoms. The van der Waals surface area contributed by atoms with Crippen LogP contribution >= 0.6 is 0 Å². The maximum absolute atomic E-state index is 6.12. The van der Waals surface area contributed by atoms with Crippen LogP contribution in [0.15, 0.2) is 121 Å². The maximum Gasteiger partial charge on any atom is 0.119 e. The highest BCUT2D eigenvalue weighted by Gasteiger charge is 2.21. The van der Waals surface area contributed by atoms with Crippen LogP contribution in [-0.4, -0.2) is 38.6 Å². The van der Waals surface area contributed by atoms with Gasteiger partial charge in [0.05, 0.1) is 38.6 Å². The second kappa shape index (κ2) is 17.2. The Hall–Kier alpha value is -4.78. The fraction of sp³-hybridized carbons (Fsp3) is 0.318. The summed E-state index contributed by atoms with van der Waals surface area (Å²) in [7, 11) is 0. The third kappa shape index (κ3) is 10.6. The molecule has 0 radical (unpaired) electrons. The highest BCUT2D eigenvalue weighted by molar-refractivity contribution is 5.65. The van der Waals surface area contributed by atoms with Crippen molar-refractivity contribution in [1.82, 2.24) is 0 Å². The summed E-state index contributed by atoms with van der Waals surface area (Å²) in [4.78, 5) is 0. The number of unbranched alkanes of at least 4 members (excludes halogenated alkanes) is 2. The molecule has 5 aromatic carbocycles. The zero-order valence-corrected chi connectivity index (χ0v) is 28.6. The van der Waals surface area contributed by atoms with E-state index in [-0.39, 0.29) is 0 Å². The van der Waals surface area contributed by atoms with Crippen LogP contribution in [-0.2, 0) is 22.7 Å². The molecule has 2 aliphatic heterocycles. The van der Waals surface area contributed by atoms with Crippen molar-refractivity contribution in [3.8, 4) is 45.3 Å². The molecule has 0 aliphatic carbocycles. The zero-order chi connectivity index (χ0) is 33.8. The van der Waals surface area contributed by atoms with Gasteiger partial charge in [-0.2, -0.15) is 0 Å². The number of epoxide rings is 2. The third-order valence-electron chi connectivity index (χ3n) is 9.07. The van der Waals surface area contributed by atoms with Gasteiger partial charge >= 0.3 is 0 Å². The van der Waals surface area contributed by atoms with Gasteiger partial charge in [0.15, 0.2) is 0 Å². The number of hydrogen-bond donors (Lipinski definition) is 0. The lowest BCUT2D eigenvalue weighted by Gasteiger charge is -2.11. The van der Waals surface area contributed by atoms with Gasteiger partial charge in [0, 0.05) is 0 Å². The summed E-state index contributed by atoms with van der Waals surface area (Å²) in [6.07, 6.45) is 7.71. The number of rotatable bonds is 20. The maximum atomic E-state index is 6.12. The van der Waals surface area contributed by atoms with Crippen LogP contribution in [0, 0.1) is 0 Å². The number of hydrogen-bond acceptors (Lipinski definition) is 6. The minimum Gasteiger partial charge on any atom is -0.494 e. The Morgan fingerprint density at radius 3 is 1.10 bits per heavy atom. The van der Waals surface area contributed by atoms with Crippen LogP contribution in [0.4, 0.5) is 0 Å². The Labute approximate surface area is 295 Å². The Bertz CT molecular complexity index is 1610. The predicted molar refractivity (Wildman–Crippen MR) is 197 cm³/mol. The minimum absolute atomic E-state index is 0.487. The van der Waals surface area contributed by atoms with Crippen molar-refractivity contribution in [2.75, 3.05) is 26.4 Å². The smallest absolute Gasteiger partial charge is 0.119 e. The van der Waals surface area contributed by atoms with E-state index in [1.807, 2.05) is 48.5 Å². The van der Waals surface area contributed by atoms with Crippen LogP contribution in [0.3, 0.4) is 0 Å².